The fraction of sp³-hybridized carbons (Fsp3) is 0.421. The lowest BCUT2D eigenvalue weighted by Gasteiger charge is -2.33. The van der Waals surface area contributed by atoms with Crippen LogP contribution in [0.5, 0.6) is 5.75 Å². The van der Waals surface area contributed by atoms with Crippen LogP contribution < -0.4 is 4.74 Å². The molecule has 1 amide bonds. The molecule has 0 spiro atoms. The summed E-state index contributed by atoms with van der Waals surface area (Å²) in [7, 11) is 0. The van der Waals surface area contributed by atoms with Crippen LogP contribution in [0.3, 0.4) is 0 Å². The number of rotatable bonds is 4. The summed E-state index contributed by atoms with van der Waals surface area (Å²) in [5.74, 6) is 0.150. The molecule has 3 nitrogen and oxygen atoms in total. The summed E-state index contributed by atoms with van der Waals surface area (Å²) in [6, 6.07) is 10.1. The second-order valence-corrected chi connectivity index (χ2v) is 7.99. The second kappa shape index (κ2) is 6.55. The van der Waals surface area contributed by atoms with Gasteiger partial charge in [-0.2, -0.15) is 0 Å². The van der Waals surface area contributed by atoms with Crippen LogP contribution in [0.25, 0.3) is 0 Å². The number of amides is 1. The summed E-state index contributed by atoms with van der Waals surface area (Å²) < 4.78 is 18.9. The van der Waals surface area contributed by atoms with Gasteiger partial charge >= 0.3 is 0 Å². The molecule has 1 aliphatic rings. The summed E-state index contributed by atoms with van der Waals surface area (Å²) in [4.78, 5) is 17.5. The van der Waals surface area contributed by atoms with E-state index in [4.69, 9.17) is 4.74 Å². The Balaban J connectivity index is 1.77. The number of halogens is 1. The monoisotopic (exact) mass is 347 g/mol. The van der Waals surface area contributed by atoms with E-state index in [1.165, 1.54) is 21.9 Å². The molecule has 5 heteroatoms. The van der Waals surface area contributed by atoms with Crippen molar-refractivity contribution in [3.8, 4) is 5.75 Å². The predicted octanol–water partition coefficient (Wildman–Crippen LogP) is 4.72. The van der Waals surface area contributed by atoms with Crippen LogP contribution in [0, 0.1) is 12.7 Å². The highest BCUT2D eigenvalue weighted by Crippen LogP contribution is 2.37. The van der Waals surface area contributed by atoms with Gasteiger partial charge in [0, 0.05) is 16.3 Å². The third-order valence-electron chi connectivity index (χ3n) is 4.30. The third-order valence-corrected chi connectivity index (χ3v) is 5.41. The number of ether oxygens (including phenoxy) is 1. The van der Waals surface area contributed by atoms with E-state index in [0.29, 0.717) is 5.75 Å². The zero-order valence-electron chi connectivity index (χ0n) is 14.2. The molecule has 128 valence electrons. The lowest BCUT2D eigenvalue weighted by atomic mass is 10.1. The third kappa shape index (κ3) is 3.46. The van der Waals surface area contributed by atoms with Crippen LogP contribution in [-0.4, -0.2) is 23.0 Å². The number of benzene rings is 1. The number of carbonyl (C=O) groups excluding carboxylic acids is 1. The molecule has 0 radical (unpaired) electrons. The van der Waals surface area contributed by atoms with Crippen molar-refractivity contribution in [2.75, 3.05) is 6.54 Å². The summed E-state index contributed by atoms with van der Waals surface area (Å²) in [6.45, 7) is 6.37. The molecule has 0 bridgehead atoms. The van der Waals surface area contributed by atoms with E-state index in [1.54, 1.807) is 37.3 Å². The summed E-state index contributed by atoms with van der Waals surface area (Å²) in [5, 5.41) is 0. The largest absolute Gasteiger partial charge is 0.478 e. The molecule has 2 aromatic rings. The van der Waals surface area contributed by atoms with Crippen LogP contribution in [0.15, 0.2) is 36.4 Å². The topological polar surface area (TPSA) is 29.5 Å². The molecule has 0 N–H and O–H groups in total. The van der Waals surface area contributed by atoms with Crippen molar-refractivity contribution in [1.82, 2.24) is 4.90 Å². The molecule has 1 aromatic heterocycles. The zero-order valence-corrected chi connectivity index (χ0v) is 15.0. The predicted molar refractivity (Wildman–Crippen MR) is 93.9 cm³/mol. The highest BCUT2D eigenvalue weighted by Gasteiger charge is 2.40. The molecule has 24 heavy (non-hydrogen) atoms. The van der Waals surface area contributed by atoms with Gasteiger partial charge in [-0.1, -0.05) is 0 Å². The van der Waals surface area contributed by atoms with Gasteiger partial charge < -0.3 is 9.64 Å². The summed E-state index contributed by atoms with van der Waals surface area (Å²) >= 11 is 1.75. The van der Waals surface area contributed by atoms with Gasteiger partial charge in [0.15, 0.2) is 5.60 Å². The van der Waals surface area contributed by atoms with Crippen molar-refractivity contribution in [2.45, 2.75) is 45.3 Å². The summed E-state index contributed by atoms with van der Waals surface area (Å²) in [5.41, 5.74) is -0.993. The Morgan fingerprint density at radius 3 is 2.58 bits per heavy atom. The molecule has 1 fully saturated rings. The van der Waals surface area contributed by atoms with Crippen LogP contribution in [0.4, 0.5) is 4.39 Å². The molecule has 3 rings (SSSR count). The van der Waals surface area contributed by atoms with E-state index in [0.717, 1.165) is 19.4 Å². The molecule has 1 aromatic carbocycles. The first kappa shape index (κ1) is 17.0. The highest BCUT2D eigenvalue weighted by atomic mass is 32.1. The Morgan fingerprint density at radius 1 is 1.25 bits per heavy atom. The molecular weight excluding hydrogens is 325 g/mol. The van der Waals surface area contributed by atoms with Gasteiger partial charge in [0.25, 0.3) is 5.91 Å². The van der Waals surface area contributed by atoms with Crippen molar-refractivity contribution >= 4 is 17.2 Å². The van der Waals surface area contributed by atoms with Crippen molar-refractivity contribution in [3.63, 3.8) is 0 Å². The maximum Gasteiger partial charge on any atom is 0.266 e. The number of hydrogen-bond donors (Lipinski definition) is 0. The van der Waals surface area contributed by atoms with Crippen LogP contribution in [0.2, 0.25) is 0 Å². The van der Waals surface area contributed by atoms with Crippen LogP contribution in [-0.2, 0) is 4.79 Å². The van der Waals surface area contributed by atoms with E-state index in [1.807, 2.05) is 4.90 Å². The number of likely N-dealkylation sites (tertiary alicyclic amines) is 1. The molecule has 1 unspecified atom stereocenters. The van der Waals surface area contributed by atoms with Gasteiger partial charge in [-0.05, 0) is 70.0 Å². The SMILES string of the molecule is Cc1ccc(C2CCCN2C(=O)C(C)(C)Oc2ccc(F)cc2)s1. The number of aryl methyl sites for hydroxylation is 1. The molecule has 2 heterocycles. The van der Waals surface area contributed by atoms with E-state index in [9.17, 15) is 9.18 Å². The number of hydrogen-bond acceptors (Lipinski definition) is 3. The first-order valence-electron chi connectivity index (χ1n) is 8.19. The molecule has 1 atom stereocenters. The van der Waals surface area contributed by atoms with Crippen molar-refractivity contribution in [3.05, 3.63) is 52.0 Å². The fourth-order valence-electron chi connectivity index (χ4n) is 3.12. The van der Waals surface area contributed by atoms with Crippen molar-refractivity contribution < 1.29 is 13.9 Å². The lowest BCUT2D eigenvalue weighted by Crippen LogP contribution is -2.48. The summed E-state index contributed by atoms with van der Waals surface area (Å²) in [6.07, 6.45) is 1.98. The Hall–Kier alpha value is -1.88. The average Bonchev–Trinajstić information content (AvgIpc) is 3.17. The maximum atomic E-state index is 13.1. The first-order chi connectivity index (χ1) is 11.4. The number of thiophene rings is 1. The van der Waals surface area contributed by atoms with Crippen molar-refractivity contribution in [2.24, 2.45) is 0 Å². The number of nitrogens with zero attached hydrogens (tertiary/aromatic N) is 1. The Labute approximate surface area is 146 Å². The van der Waals surface area contributed by atoms with Gasteiger partial charge in [0.05, 0.1) is 6.04 Å². The van der Waals surface area contributed by atoms with Gasteiger partial charge in [-0.3, -0.25) is 4.79 Å². The molecule has 0 saturated carbocycles. The van der Waals surface area contributed by atoms with E-state index >= 15 is 0 Å². The first-order valence-corrected chi connectivity index (χ1v) is 9.00. The van der Waals surface area contributed by atoms with Gasteiger partial charge in [-0.25, -0.2) is 4.39 Å². The number of carbonyl (C=O) groups is 1. The second-order valence-electron chi connectivity index (χ2n) is 6.67. The Morgan fingerprint density at radius 2 is 1.96 bits per heavy atom. The van der Waals surface area contributed by atoms with Gasteiger partial charge in [-0.15, -0.1) is 11.3 Å². The minimum absolute atomic E-state index is 0.0274. The maximum absolute atomic E-state index is 13.1. The minimum atomic E-state index is -0.993. The smallest absolute Gasteiger partial charge is 0.266 e. The average molecular weight is 347 g/mol. The minimum Gasteiger partial charge on any atom is -0.478 e. The quantitative estimate of drug-likeness (QED) is 0.801. The molecule has 1 aliphatic heterocycles. The Kier molecular flexibility index (Phi) is 4.63. The van der Waals surface area contributed by atoms with Gasteiger partial charge in [0.1, 0.15) is 11.6 Å². The molecular formula is C19H22FNO2S. The zero-order chi connectivity index (χ0) is 17.3. The van der Waals surface area contributed by atoms with Gasteiger partial charge in [0.2, 0.25) is 0 Å². The van der Waals surface area contributed by atoms with E-state index < -0.39 is 5.60 Å². The molecule has 1 saturated heterocycles. The van der Waals surface area contributed by atoms with Crippen LogP contribution in [0.1, 0.15) is 42.5 Å². The van der Waals surface area contributed by atoms with Crippen molar-refractivity contribution in [1.29, 1.82) is 0 Å². The standard InChI is InChI=1S/C19H22FNO2S/c1-13-6-11-17(24-13)16-5-4-12-21(16)18(22)19(2,3)23-15-9-7-14(20)8-10-15/h6-11,16H,4-5,12H2,1-3H3. The lowest BCUT2D eigenvalue weighted by molar-refractivity contribution is -0.146. The fourth-order valence-corrected chi connectivity index (χ4v) is 4.15. The van der Waals surface area contributed by atoms with E-state index in [2.05, 4.69) is 19.1 Å². The molecule has 0 aliphatic carbocycles. The van der Waals surface area contributed by atoms with Crippen LogP contribution >= 0.6 is 11.3 Å². The van der Waals surface area contributed by atoms with E-state index in [-0.39, 0.29) is 17.8 Å². The Bertz CT molecular complexity index is 723. The normalized spacial score (nSPS) is 18.0. The highest BCUT2D eigenvalue weighted by molar-refractivity contribution is 7.12.